The number of halogens is 1. The van der Waals surface area contributed by atoms with Crippen molar-refractivity contribution in [2.45, 2.75) is 39.7 Å². The molecule has 1 N–H and O–H groups in total. The molecule has 1 aliphatic heterocycles. The van der Waals surface area contributed by atoms with Gasteiger partial charge in [0, 0.05) is 35.3 Å². The van der Waals surface area contributed by atoms with Gasteiger partial charge in [0.25, 0.3) is 0 Å². The number of nitrogens with zero attached hydrogens (tertiary/aromatic N) is 3. The van der Waals surface area contributed by atoms with Crippen LogP contribution in [0.4, 0.5) is 0 Å². The summed E-state index contributed by atoms with van der Waals surface area (Å²) in [4.78, 5) is 27.3. The second-order valence-electron chi connectivity index (χ2n) is 8.17. The number of nitrogens with one attached hydrogen (secondary N) is 1. The van der Waals surface area contributed by atoms with Crippen LogP contribution in [0.25, 0.3) is 5.69 Å². The lowest BCUT2D eigenvalue weighted by Gasteiger charge is -2.31. The van der Waals surface area contributed by atoms with Gasteiger partial charge >= 0.3 is 0 Å². The molecule has 1 saturated heterocycles. The fraction of sp³-hybridized carbons (Fsp3) is 0.375. The van der Waals surface area contributed by atoms with Gasteiger partial charge in [0.2, 0.25) is 11.8 Å². The van der Waals surface area contributed by atoms with Crippen LogP contribution in [0.2, 0.25) is 5.02 Å². The Labute approximate surface area is 192 Å². The molecule has 32 heavy (non-hydrogen) atoms. The van der Waals surface area contributed by atoms with Gasteiger partial charge in [-0.15, -0.1) is 0 Å². The Bertz CT molecular complexity index is 1080. The highest BCUT2D eigenvalue weighted by atomic mass is 35.5. The minimum absolute atomic E-state index is 0.0180. The average Bonchev–Trinajstić information content (AvgIpc) is 3.42. The van der Waals surface area contributed by atoms with Crippen LogP contribution in [0.3, 0.4) is 0 Å². The third-order valence-corrected chi connectivity index (χ3v) is 6.33. The lowest BCUT2D eigenvalue weighted by Crippen LogP contribution is -2.43. The molecule has 0 aliphatic carbocycles. The van der Waals surface area contributed by atoms with Crippen LogP contribution in [-0.2, 0) is 22.6 Å². The van der Waals surface area contributed by atoms with E-state index in [-0.39, 0.29) is 17.7 Å². The third-order valence-electron chi connectivity index (χ3n) is 6.08. The number of amides is 2. The van der Waals surface area contributed by atoms with Crippen LogP contribution in [0.15, 0.2) is 47.1 Å². The van der Waals surface area contributed by atoms with Crippen LogP contribution >= 0.6 is 11.6 Å². The number of aromatic nitrogens is 2. The standard InChI is InChI=1S/C24H27ClN4O3/c1-16-22(17(2)29(27-16)20-7-5-19(25)6-8-20)14-23(30)28-11-9-18(10-12-28)24(31)26-15-21-4-3-13-32-21/h3-8,13,18H,9-12,14-15H2,1-2H3,(H,26,31). The molecule has 0 bridgehead atoms. The van der Waals surface area contributed by atoms with Crippen molar-refractivity contribution in [1.82, 2.24) is 20.0 Å². The molecule has 3 aromatic rings. The summed E-state index contributed by atoms with van der Waals surface area (Å²) in [6, 6.07) is 11.1. The number of carbonyl (C=O) groups is 2. The second kappa shape index (κ2) is 9.61. The summed E-state index contributed by atoms with van der Waals surface area (Å²) in [6.07, 6.45) is 3.23. The van der Waals surface area contributed by atoms with E-state index in [0.29, 0.717) is 43.9 Å². The molecule has 3 heterocycles. The van der Waals surface area contributed by atoms with E-state index in [9.17, 15) is 9.59 Å². The van der Waals surface area contributed by atoms with E-state index in [1.54, 1.807) is 12.3 Å². The van der Waals surface area contributed by atoms with E-state index in [1.807, 2.05) is 53.8 Å². The van der Waals surface area contributed by atoms with Crippen molar-refractivity contribution >= 4 is 23.4 Å². The largest absolute Gasteiger partial charge is 0.467 e. The van der Waals surface area contributed by atoms with Crippen molar-refractivity contribution in [3.8, 4) is 5.69 Å². The van der Waals surface area contributed by atoms with Gasteiger partial charge in [-0.3, -0.25) is 9.59 Å². The number of aryl methyl sites for hydroxylation is 1. The highest BCUT2D eigenvalue weighted by Gasteiger charge is 2.28. The number of furan rings is 1. The molecule has 168 valence electrons. The monoisotopic (exact) mass is 454 g/mol. The van der Waals surface area contributed by atoms with Gasteiger partial charge in [-0.2, -0.15) is 5.10 Å². The first-order valence-corrected chi connectivity index (χ1v) is 11.2. The highest BCUT2D eigenvalue weighted by molar-refractivity contribution is 6.30. The van der Waals surface area contributed by atoms with E-state index in [0.717, 1.165) is 28.4 Å². The SMILES string of the molecule is Cc1nn(-c2ccc(Cl)cc2)c(C)c1CC(=O)N1CCC(C(=O)NCc2ccco2)CC1. The zero-order chi connectivity index (χ0) is 22.7. The molecule has 7 nitrogen and oxygen atoms in total. The second-order valence-corrected chi connectivity index (χ2v) is 8.60. The summed E-state index contributed by atoms with van der Waals surface area (Å²) in [5, 5.41) is 8.22. The maximum atomic E-state index is 13.0. The summed E-state index contributed by atoms with van der Waals surface area (Å²) in [6.45, 7) is 5.47. The Balaban J connectivity index is 1.33. The fourth-order valence-corrected chi connectivity index (χ4v) is 4.28. The molecular weight excluding hydrogens is 428 g/mol. The minimum Gasteiger partial charge on any atom is -0.467 e. The van der Waals surface area contributed by atoms with Crippen LogP contribution in [0, 0.1) is 19.8 Å². The molecule has 8 heteroatoms. The number of carbonyl (C=O) groups excluding carboxylic acids is 2. The molecule has 2 aromatic heterocycles. The Morgan fingerprint density at radius 1 is 1.16 bits per heavy atom. The van der Waals surface area contributed by atoms with Gasteiger partial charge in [-0.1, -0.05) is 11.6 Å². The zero-order valence-corrected chi connectivity index (χ0v) is 19.1. The van der Waals surface area contributed by atoms with Crippen molar-refractivity contribution in [2.24, 2.45) is 5.92 Å². The Morgan fingerprint density at radius 3 is 2.53 bits per heavy atom. The highest BCUT2D eigenvalue weighted by Crippen LogP contribution is 2.23. The van der Waals surface area contributed by atoms with Crippen LogP contribution in [0.5, 0.6) is 0 Å². The van der Waals surface area contributed by atoms with Gasteiger partial charge in [0.1, 0.15) is 5.76 Å². The zero-order valence-electron chi connectivity index (χ0n) is 18.3. The normalized spacial score (nSPS) is 14.5. The quantitative estimate of drug-likeness (QED) is 0.613. The van der Waals surface area contributed by atoms with Gasteiger partial charge < -0.3 is 14.6 Å². The fourth-order valence-electron chi connectivity index (χ4n) is 4.15. The van der Waals surface area contributed by atoms with Crippen molar-refractivity contribution in [3.05, 3.63) is 70.4 Å². The summed E-state index contributed by atoms with van der Waals surface area (Å²) in [7, 11) is 0. The Morgan fingerprint density at radius 2 is 1.88 bits per heavy atom. The molecule has 0 spiro atoms. The maximum Gasteiger partial charge on any atom is 0.227 e. The number of benzene rings is 1. The van der Waals surface area contributed by atoms with Gasteiger partial charge in [0.05, 0.1) is 30.6 Å². The van der Waals surface area contributed by atoms with Crippen molar-refractivity contribution in [1.29, 1.82) is 0 Å². The van der Waals surface area contributed by atoms with Crippen LogP contribution in [-0.4, -0.2) is 39.6 Å². The third kappa shape index (κ3) is 4.88. The lowest BCUT2D eigenvalue weighted by atomic mass is 9.95. The number of likely N-dealkylation sites (tertiary alicyclic amines) is 1. The lowest BCUT2D eigenvalue weighted by molar-refractivity contribution is -0.135. The molecule has 1 fully saturated rings. The predicted octanol–water partition coefficient (Wildman–Crippen LogP) is 3.83. The molecule has 0 radical (unpaired) electrons. The van der Waals surface area contributed by atoms with Gasteiger partial charge in [-0.05, 0) is 63.1 Å². The van der Waals surface area contributed by atoms with E-state index >= 15 is 0 Å². The topological polar surface area (TPSA) is 80.4 Å². The molecule has 2 amide bonds. The van der Waals surface area contributed by atoms with Crippen LogP contribution in [0.1, 0.15) is 35.6 Å². The summed E-state index contributed by atoms with van der Waals surface area (Å²) in [5.41, 5.74) is 3.65. The van der Waals surface area contributed by atoms with Crippen molar-refractivity contribution < 1.29 is 14.0 Å². The van der Waals surface area contributed by atoms with E-state index in [1.165, 1.54) is 0 Å². The molecule has 4 rings (SSSR count). The number of hydrogen-bond acceptors (Lipinski definition) is 4. The number of hydrogen-bond donors (Lipinski definition) is 1. The smallest absolute Gasteiger partial charge is 0.227 e. The Kier molecular flexibility index (Phi) is 6.65. The molecule has 0 saturated carbocycles. The molecular formula is C24H27ClN4O3. The van der Waals surface area contributed by atoms with Gasteiger partial charge in [0.15, 0.2) is 0 Å². The first-order valence-electron chi connectivity index (χ1n) is 10.8. The predicted molar refractivity (Wildman–Crippen MR) is 122 cm³/mol. The minimum atomic E-state index is -0.0786. The number of piperidine rings is 1. The molecule has 1 aromatic carbocycles. The summed E-state index contributed by atoms with van der Waals surface area (Å²) < 4.78 is 7.10. The average molecular weight is 455 g/mol. The molecule has 0 unspecified atom stereocenters. The van der Waals surface area contributed by atoms with Gasteiger partial charge in [-0.25, -0.2) is 4.68 Å². The van der Waals surface area contributed by atoms with Crippen molar-refractivity contribution in [3.63, 3.8) is 0 Å². The van der Waals surface area contributed by atoms with Crippen LogP contribution < -0.4 is 5.32 Å². The molecule has 0 atom stereocenters. The van der Waals surface area contributed by atoms with Crippen molar-refractivity contribution in [2.75, 3.05) is 13.1 Å². The Hall–Kier alpha value is -3.06. The summed E-state index contributed by atoms with van der Waals surface area (Å²) in [5.74, 6) is 0.742. The van der Waals surface area contributed by atoms with E-state index in [2.05, 4.69) is 10.4 Å². The maximum absolute atomic E-state index is 13.0. The first-order chi connectivity index (χ1) is 15.4. The van der Waals surface area contributed by atoms with E-state index < -0.39 is 0 Å². The number of rotatable bonds is 6. The molecule has 1 aliphatic rings. The van der Waals surface area contributed by atoms with E-state index in [4.69, 9.17) is 16.0 Å². The first kappa shape index (κ1) is 22.1. The summed E-state index contributed by atoms with van der Waals surface area (Å²) >= 11 is 5.99.